The Balaban J connectivity index is 2.73. The number of benzene rings is 1. The molecule has 106 valence electrons. The summed E-state index contributed by atoms with van der Waals surface area (Å²) in [4.78, 5) is 2.26. The third kappa shape index (κ3) is 2.25. The van der Waals surface area contributed by atoms with E-state index in [1.165, 1.54) is 5.56 Å². The molecule has 0 aromatic heterocycles. The van der Waals surface area contributed by atoms with E-state index in [0.717, 1.165) is 36.6 Å². The molecule has 0 saturated carbocycles. The van der Waals surface area contributed by atoms with Gasteiger partial charge in [-0.2, -0.15) is 0 Å². The number of nitrogens with one attached hydrogen (secondary N) is 1. The van der Waals surface area contributed by atoms with Crippen molar-refractivity contribution in [2.75, 3.05) is 39.8 Å². The lowest BCUT2D eigenvalue weighted by molar-refractivity contribution is 0.338. The molecule has 0 bridgehead atoms. The summed E-state index contributed by atoms with van der Waals surface area (Å²) in [5, 5.41) is 3.46. The molecule has 1 aromatic rings. The maximum Gasteiger partial charge on any atom is 0.142 e. The van der Waals surface area contributed by atoms with Crippen molar-refractivity contribution in [3.8, 4) is 11.5 Å². The van der Waals surface area contributed by atoms with Crippen molar-refractivity contribution in [1.82, 2.24) is 5.32 Å². The van der Waals surface area contributed by atoms with Crippen LogP contribution in [0.1, 0.15) is 25.3 Å². The molecule has 1 heterocycles. The van der Waals surface area contributed by atoms with Crippen LogP contribution in [-0.2, 0) is 5.54 Å². The fourth-order valence-corrected chi connectivity index (χ4v) is 2.96. The molecular weight excluding hydrogens is 240 g/mol. The lowest BCUT2D eigenvalue weighted by Gasteiger charge is -2.33. The first-order valence-corrected chi connectivity index (χ1v) is 6.73. The summed E-state index contributed by atoms with van der Waals surface area (Å²) in [6, 6.07) is 3.97. The third-order valence-electron chi connectivity index (χ3n) is 4.20. The third-order valence-corrected chi connectivity index (χ3v) is 4.20. The highest BCUT2D eigenvalue weighted by Crippen LogP contribution is 2.46. The quantitative estimate of drug-likeness (QED) is 0.909. The van der Waals surface area contributed by atoms with Gasteiger partial charge in [-0.1, -0.05) is 0 Å². The number of hydrogen-bond acceptors (Lipinski definition) is 4. The number of fused-ring (bicyclic) bond motifs is 1. The van der Waals surface area contributed by atoms with Gasteiger partial charge in [-0.25, -0.2) is 0 Å². The molecule has 4 nitrogen and oxygen atoms in total. The average Bonchev–Trinajstić information content (AvgIpc) is 2.57. The fraction of sp³-hybridized carbons (Fsp3) is 0.600. The van der Waals surface area contributed by atoms with Crippen LogP contribution in [0.3, 0.4) is 0 Å². The van der Waals surface area contributed by atoms with Crippen LogP contribution in [-0.4, -0.2) is 34.9 Å². The topological polar surface area (TPSA) is 33.7 Å². The summed E-state index contributed by atoms with van der Waals surface area (Å²) in [6.45, 7) is 3.25. The molecule has 1 aliphatic rings. The lowest BCUT2D eigenvalue weighted by Crippen LogP contribution is -2.37. The summed E-state index contributed by atoms with van der Waals surface area (Å²) in [7, 11) is 7.57. The summed E-state index contributed by atoms with van der Waals surface area (Å²) in [5.41, 5.74) is 2.23. The van der Waals surface area contributed by atoms with E-state index in [0.29, 0.717) is 0 Å². The number of anilines is 1. The van der Waals surface area contributed by atoms with E-state index in [-0.39, 0.29) is 5.54 Å². The van der Waals surface area contributed by atoms with Gasteiger partial charge in [0.1, 0.15) is 11.5 Å². The molecule has 4 heteroatoms. The molecule has 1 unspecified atom stereocenters. The van der Waals surface area contributed by atoms with E-state index >= 15 is 0 Å². The minimum Gasteiger partial charge on any atom is -0.496 e. The predicted octanol–water partition coefficient (Wildman–Crippen LogP) is 2.37. The molecule has 1 atom stereocenters. The zero-order valence-electron chi connectivity index (χ0n) is 12.5. The second-order valence-electron chi connectivity index (χ2n) is 5.30. The standard InChI is InChI=1S/C15H24N2O2/c1-15(16-2)9-6-10-17(3)14-12(19-5)8-7-11(18-4)13(14)15/h7-8,16H,6,9-10H2,1-5H3. The highest BCUT2D eigenvalue weighted by atomic mass is 16.5. The summed E-state index contributed by atoms with van der Waals surface area (Å²) in [6.07, 6.45) is 2.21. The van der Waals surface area contributed by atoms with Crippen LogP contribution in [0.25, 0.3) is 0 Å². The highest BCUT2D eigenvalue weighted by Gasteiger charge is 2.35. The van der Waals surface area contributed by atoms with Crippen molar-refractivity contribution in [3.05, 3.63) is 17.7 Å². The average molecular weight is 264 g/mol. The van der Waals surface area contributed by atoms with E-state index < -0.39 is 0 Å². The van der Waals surface area contributed by atoms with Gasteiger partial charge >= 0.3 is 0 Å². The molecule has 0 amide bonds. The van der Waals surface area contributed by atoms with Gasteiger partial charge in [0.2, 0.25) is 0 Å². The first-order valence-electron chi connectivity index (χ1n) is 6.73. The van der Waals surface area contributed by atoms with E-state index in [1.807, 2.05) is 19.2 Å². The molecule has 0 saturated heterocycles. The molecule has 1 N–H and O–H groups in total. The fourth-order valence-electron chi connectivity index (χ4n) is 2.96. The van der Waals surface area contributed by atoms with Crippen LogP contribution in [0.2, 0.25) is 0 Å². The predicted molar refractivity (Wildman–Crippen MR) is 78.5 cm³/mol. The van der Waals surface area contributed by atoms with E-state index in [4.69, 9.17) is 9.47 Å². The minimum atomic E-state index is -0.0972. The van der Waals surface area contributed by atoms with Gasteiger partial charge in [0.05, 0.1) is 19.9 Å². The lowest BCUT2D eigenvalue weighted by atomic mass is 9.86. The molecule has 0 spiro atoms. The van der Waals surface area contributed by atoms with Crippen LogP contribution < -0.4 is 19.7 Å². The second kappa shape index (κ2) is 5.29. The zero-order chi connectivity index (χ0) is 14.0. The molecule has 0 radical (unpaired) electrons. The Morgan fingerprint density at radius 3 is 2.42 bits per heavy atom. The first-order chi connectivity index (χ1) is 9.07. The zero-order valence-corrected chi connectivity index (χ0v) is 12.5. The number of ether oxygens (including phenoxy) is 2. The monoisotopic (exact) mass is 264 g/mol. The maximum atomic E-state index is 5.59. The van der Waals surface area contributed by atoms with Crippen molar-refractivity contribution in [1.29, 1.82) is 0 Å². The van der Waals surface area contributed by atoms with Crippen LogP contribution >= 0.6 is 0 Å². The molecule has 1 aliphatic heterocycles. The Hall–Kier alpha value is -1.42. The van der Waals surface area contributed by atoms with Crippen molar-refractivity contribution in [2.24, 2.45) is 0 Å². The molecule has 1 aromatic carbocycles. The minimum absolute atomic E-state index is 0.0972. The highest BCUT2D eigenvalue weighted by molar-refractivity contribution is 5.70. The van der Waals surface area contributed by atoms with E-state index in [2.05, 4.69) is 24.2 Å². The van der Waals surface area contributed by atoms with Crippen molar-refractivity contribution < 1.29 is 9.47 Å². The van der Waals surface area contributed by atoms with Gasteiger partial charge in [-0.3, -0.25) is 0 Å². The van der Waals surface area contributed by atoms with Gasteiger partial charge in [-0.15, -0.1) is 0 Å². The normalized spacial score (nSPS) is 22.7. The van der Waals surface area contributed by atoms with Crippen molar-refractivity contribution in [3.63, 3.8) is 0 Å². The van der Waals surface area contributed by atoms with Gasteiger partial charge in [0.25, 0.3) is 0 Å². The van der Waals surface area contributed by atoms with Crippen LogP contribution in [0.5, 0.6) is 11.5 Å². The second-order valence-corrected chi connectivity index (χ2v) is 5.30. The first kappa shape index (κ1) is 14.0. The number of nitrogens with zero attached hydrogens (tertiary/aromatic N) is 1. The Labute approximate surface area is 115 Å². The van der Waals surface area contributed by atoms with Gasteiger partial charge in [0.15, 0.2) is 0 Å². The molecular formula is C15H24N2O2. The number of rotatable bonds is 3. The van der Waals surface area contributed by atoms with E-state index in [1.54, 1.807) is 14.2 Å². The Morgan fingerprint density at radius 1 is 1.21 bits per heavy atom. The molecule has 2 rings (SSSR count). The van der Waals surface area contributed by atoms with Gasteiger partial charge < -0.3 is 19.7 Å². The van der Waals surface area contributed by atoms with Crippen LogP contribution in [0.15, 0.2) is 12.1 Å². The molecule has 0 aliphatic carbocycles. The van der Waals surface area contributed by atoms with Crippen LogP contribution in [0, 0.1) is 0 Å². The van der Waals surface area contributed by atoms with Gasteiger partial charge in [-0.05, 0) is 38.9 Å². The Kier molecular flexibility index (Phi) is 3.90. The largest absolute Gasteiger partial charge is 0.496 e. The number of hydrogen-bond donors (Lipinski definition) is 1. The summed E-state index contributed by atoms with van der Waals surface area (Å²) in [5.74, 6) is 1.82. The van der Waals surface area contributed by atoms with Gasteiger partial charge in [0, 0.05) is 24.7 Å². The summed E-state index contributed by atoms with van der Waals surface area (Å²) >= 11 is 0. The van der Waals surface area contributed by atoms with Crippen LogP contribution in [0.4, 0.5) is 5.69 Å². The Morgan fingerprint density at radius 2 is 1.84 bits per heavy atom. The smallest absolute Gasteiger partial charge is 0.142 e. The SMILES string of the molecule is CNC1(C)CCCN(C)c2c(OC)ccc(OC)c21. The molecule has 0 fully saturated rings. The van der Waals surface area contributed by atoms with Crippen molar-refractivity contribution >= 4 is 5.69 Å². The van der Waals surface area contributed by atoms with E-state index in [9.17, 15) is 0 Å². The number of methoxy groups -OCH3 is 2. The van der Waals surface area contributed by atoms with Crippen molar-refractivity contribution in [2.45, 2.75) is 25.3 Å². The molecule has 19 heavy (non-hydrogen) atoms. The summed E-state index contributed by atoms with van der Waals surface area (Å²) < 4.78 is 11.1. The Bertz CT molecular complexity index is 462. The maximum absolute atomic E-state index is 5.59.